The lowest BCUT2D eigenvalue weighted by Crippen LogP contribution is -2.21. The molecule has 0 aliphatic heterocycles. The smallest absolute Gasteiger partial charge is 0.148 e. The molecule has 0 radical (unpaired) electrons. The van der Waals surface area contributed by atoms with E-state index < -0.39 is 0 Å². The molecule has 0 bridgehead atoms. The van der Waals surface area contributed by atoms with E-state index in [1.807, 2.05) is 67.5 Å². The monoisotopic (exact) mass is 253 g/mol. The summed E-state index contributed by atoms with van der Waals surface area (Å²) in [6.07, 6.45) is 0. The van der Waals surface area contributed by atoms with Gasteiger partial charge < -0.3 is 0 Å². The van der Waals surface area contributed by atoms with Gasteiger partial charge in [-0.25, -0.2) is 4.68 Å². The molecule has 0 unspecified atom stereocenters. The van der Waals surface area contributed by atoms with E-state index in [0.717, 1.165) is 16.9 Å². The number of hydrogen-bond donors (Lipinski definition) is 0. The maximum absolute atomic E-state index is 4.27. The molecule has 1 aromatic rings. The Labute approximate surface area is 113 Å². The van der Waals surface area contributed by atoms with Crippen LogP contribution in [-0.2, 0) is 0 Å². The molecule has 3 heteroatoms. The second kappa shape index (κ2) is 15.6. The highest BCUT2D eigenvalue weighted by atomic mass is 15.3. The lowest BCUT2D eigenvalue weighted by molar-refractivity contribution is 0.777. The van der Waals surface area contributed by atoms with Crippen LogP contribution in [0.1, 0.15) is 54.2 Å². The van der Waals surface area contributed by atoms with Gasteiger partial charge in [-0.3, -0.25) is 4.99 Å². The predicted octanol–water partition coefficient (Wildman–Crippen LogP) is 4.29. The highest BCUT2D eigenvalue weighted by Crippen LogP contribution is 1.93. The summed E-state index contributed by atoms with van der Waals surface area (Å²) in [5.74, 6) is 0. The highest BCUT2D eigenvalue weighted by molar-refractivity contribution is 5.35. The summed E-state index contributed by atoms with van der Waals surface area (Å²) >= 11 is 0. The van der Waals surface area contributed by atoms with Crippen molar-refractivity contribution in [3.63, 3.8) is 0 Å². The van der Waals surface area contributed by atoms with Gasteiger partial charge in [-0.1, -0.05) is 48.1 Å². The largest absolute Gasteiger partial charge is 0.270 e. The van der Waals surface area contributed by atoms with Crippen LogP contribution in [0.2, 0.25) is 0 Å². The molecule has 0 atom stereocenters. The van der Waals surface area contributed by atoms with Gasteiger partial charge in [0.05, 0.1) is 5.69 Å². The third kappa shape index (κ3) is 8.74. The summed E-state index contributed by atoms with van der Waals surface area (Å²) in [6.45, 7) is 19.7. The summed E-state index contributed by atoms with van der Waals surface area (Å²) in [5.41, 5.74) is 2.66. The van der Waals surface area contributed by atoms with Crippen LogP contribution in [0, 0.1) is 6.92 Å². The molecule has 0 saturated heterocycles. The molecule has 0 saturated carbocycles. The molecule has 106 valence electrons. The van der Waals surface area contributed by atoms with E-state index in [0.29, 0.717) is 0 Å². The fourth-order valence-electron chi connectivity index (χ4n) is 0.958. The summed E-state index contributed by atoms with van der Waals surface area (Å²) < 4.78 is 1.73. The molecule has 18 heavy (non-hydrogen) atoms. The van der Waals surface area contributed by atoms with Crippen molar-refractivity contribution in [1.82, 2.24) is 9.78 Å². The van der Waals surface area contributed by atoms with Gasteiger partial charge in [0, 0.05) is 12.7 Å². The number of aromatic nitrogens is 2. The van der Waals surface area contributed by atoms with Gasteiger partial charge in [-0.15, -0.1) is 0 Å². The molecule has 0 amide bonds. The lowest BCUT2D eigenvalue weighted by atomic mass is 10.4. The standard InChI is InChI=1S/C9H13N3.3C2H6/c1-7(2)12-9(10-4)6-5-8(3)11-12;3*1-2/h5-6H,1H2,2-4H3;3*1-2H3. The number of hydrogen-bond acceptors (Lipinski definition) is 2. The van der Waals surface area contributed by atoms with Crippen LogP contribution in [0.4, 0.5) is 0 Å². The van der Waals surface area contributed by atoms with Crippen molar-refractivity contribution in [2.24, 2.45) is 4.99 Å². The first-order chi connectivity index (χ1) is 8.65. The summed E-state index contributed by atoms with van der Waals surface area (Å²) in [4.78, 5) is 4.07. The van der Waals surface area contributed by atoms with Crippen LogP contribution in [0.5, 0.6) is 0 Å². The van der Waals surface area contributed by atoms with E-state index in [-0.39, 0.29) is 0 Å². The van der Waals surface area contributed by atoms with Gasteiger partial charge in [-0.2, -0.15) is 5.10 Å². The normalized spacial score (nSPS) is 8.83. The molecule has 0 fully saturated rings. The molecular weight excluding hydrogens is 222 g/mol. The van der Waals surface area contributed by atoms with Gasteiger partial charge in [0.25, 0.3) is 0 Å². The Bertz CT molecular complexity index is 362. The molecule has 0 spiro atoms. The van der Waals surface area contributed by atoms with Crippen LogP contribution in [0.15, 0.2) is 23.7 Å². The van der Waals surface area contributed by atoms with Crippen molar-refractivity contribution in [2.75, 3.05) is 7.05 Å². The van der Waals surface area contributed by atoms with Crippen molar-refractivity contribution >= 4 is 5.70 Å². The molecule has 1 aromatic heterocycles. The zero-order valence-electron chi connectivity index (χ0n) is 13.7. The maximum atomic E-state index is 4.27. The maximum Gasteiger partial charge on any atom is 0.148 e. The Balaban J connectivity index is -0.000000328. The van der Waals surface area contributed by atoms with Crippen LogP contribution in [-0.4, -0.2) is 16.8 Å². The topological polar surface area (TPSA) is 30.2 Å². The second-order valence-corrected chi connectivity index (χ2v) is 2.70. The molecule has 0 N–H and O–H groups in total. The number of aryl methyl sites for hydroxylation is 1. The first-order valence-electron chi connectivity index (χ1n) is 6.81. The van der Waals surface area contributed by atoms with Crippen molar-refractivity contribution in [1.29, 1.82) is 0 Å². The van der Waals surface area contributed by atoms with Crippen LogP contribution < -0.4 is 5.49 Å². The van der Waals surface area contributed by atoms with Crippen molar-refractivity contribution in [2.45, 2.75) is 55.4 Å². The first kappa shape index (κ1) is 21.9. The third-order valence-electron chi connectivity index (χ3n) is 1.54. The second-order valence-electron chi connectivity index (χ2n) is 2.70. The first-order valence-corrected chi connectivity index (χ1v) is 6.81. The molecule has 3 nitrogen and oxygen atoms in total. The van der Waals surface area contributed by atoms with Gasteiger partial charge in [0.15, 0.2) is 0 Å². The Hall–Kier alpha value is -1.38. The molecule has 1 rings (SSSR count). The van der Waals surface area contributed by atoms with Crippen molar-refractivity contribution in [3.8, 4) is 0 Å². The fourth-order valence-corrected chi connectivity index (χ4v) is 0.958. The Morgan fingerprint density at radius 3 is 1.89 bits per heavy atom. The minimum atomic E-state index is 0.827. The Morgan fingerprint density at radius 1 is 1.11 bits per heavy atom. The van der Waals surface area contributed by atoms with Crippen LogP contribution >= 0.6 is 0 Å². The van der Waals surface area contributed by atoms with Gasteiger partial charge in [-0.05, 0) is 26.0 Å². The molecule has 0 aromatic carbocycles. The third-order valence-corrected chi connectivity index (χ3v) is 1.54. The predicted molar refractivity (Wildman–Crippen MR) is 83.5 cm³/mol. The number of allylic oxidation sites excluding steroid dienone is 1. The van der Waals surface area contributed by atoms with Crippen LogP contribution in [0.25, 0.3) is 5.70 Å². The van der Waals surface area contributed by atoms with E-state index in [1.54, 1.807) is 11.7 Å². The fraction of sp³-hybridized carbons (Fsp3) is 0.600. The molecule has 0 aliphatic rings. The minimum absolute atomic E-state index is 0.827. The zero-order valence-corrected chi connectivity index (χ0v) is 13.7. The van der Waals surface area contributed by atoms with Crippen molar-refractivity contribution in [3.05, 3.63) is 29.9 Å². The van der Waals surface area contributed by atoms with Gasteiger partial charge in [0.1, 0.15) is 5.49 Å². The summed E-state index contributed by atoms with van der Waals surface area (Å²) in [5, 5.41) is 4.27. The van der Waals surface area contributed by atoms with E-state index in [1.165, 1.54) is 0 Å². The van der Waals surface area contributed by atoms with E-state index in [4.69, 9.17) is 0 Å². The minimum Gasteiger partial charge on any atom is -0.270 e. The van der Waals surface area contributed by atoms with Crippen molar-refractivity contribution < 1.29 is 0 Å². The van der Waals surface area contributed by atoms with E-state index in [2.05, 4.69) is 16.7 Å². The van der Waals surface area contributed by atoms with Gasteiger partial charge >= 0.3 is 0 Å². The average molecular weight is 253 g/mol. The summed E-state index contributed by atoms with van der Waals surface area (Å²) in [7, 11) is 1.74. The average Bonchev–Trinajstić information content (AvgIpc) is 2.45. The molecular formula is C15H31N3. The quantitative estimate of drug-likeness (QED) is 0.734. The Kier molecular flexibility index (Phi) is 19.0. The lowest BCUT2D eigenvalue weighted by Gasteiger charge is -2.04. The Morgan fingerprint density at radius 2 is 1.56 bits per heavy atom. The highest BCUT2D eigenvalue weighted by Gasteiger charge is 1.94. The molecule has 1 heterocycles. The summed E-state index contributed by atoms with van der Waals surface area (Å²) in [6, 6.07) is 3.86. The van der Waals surface area contributed by atoms with Gasteiger partial charge in [0.2, 0.25) is 0 Å². The van der Waals surface area contributed by atoms with E-state index in [9.17, 15) is 0 Å². The molecule has 0 aliphatic carbocycles. The number of nitrogens with zero attached hydrogens (tertiary/aromatic N) is 3. The number of rotatable bonds is 1. The zero-order chi connectivity index (χ0) is 15.1. The van der Waals surface area contributed by atoms with E-state index >= 15 is 0 Å². The SMILES string of the molecule is C=C(C)n1nc(C)ccc1=NC.CC.CC.CC. The van der Waals surface area contributed by atoms with Crippen LogP contribution in [0.3, 0.4) is 0 Å².